The molecular formula is C18H12O4. The second kappa shape index (κ2) is 5.07. The lowest BCUT2D eigenvalue weighted by molar-refractivity contribution is 0.174. The van der Waals surface area contributed by atoms with Crippen LogP contribution >= 0.6 is 0 Å². The second-order valence-corrected chi connectivity index (χ2v) is 5.00. The van der Waals surface area contributed by atoms with Gasteiger partial charge < -0.3 is 13.9 Å². The minimum Gasteiger partial charge on any atom is -0.454 e. The number of fused-ring (bicyclic) bond motifs is 2. The summed E-state index contributed by atoms with van der Waals surface area (Å²) in [5.74, 6) is 1.52. The van der Waals surface area contributed by atoms with Crippen molar-refractivity contribution in [3.63, 3.8) is 0 Å². The highest BCUT2D eigenvalue weighted by atomic mass is 16.7. The Balaban J connectivity index is 1.66. The van der Waals surface area contributed by atoms with Crippen LogP contribution in [-0.2, 0) is 0 Å². The molecule has 0 unspecified atom stereocenters. The summed E-state index contributed by atoms with van der Waals surface area (Å²) >= 11 is 0. The summed E-state index contributed by atoms with van der Waals surface area (Å²) in [6, 6.07) is 14.7. The minimum atomic E-state index is -0.343. The molecule has 0 bridgehead atoms. The van der Waals surface area contributed by atoms with Gasteiger partial charge in [0.2, 0.25) is 6.79 Å². The average molecular weight is 292 g/mol. The fourth-order valence-corrected chi connectivity index (χ4v) is 2.39. The van der Waals surface area contributed by atoms with Gasteiger partial charge in [0.1, 0.15) is 5.58 Å². The maximum absolute atomic E-state index is 11.3. The molecule has 0 spiro atoms. The van der Waals surface area contributed by atoms with Gasteiger partial charge in [0.15, 0.2) is 11.5 Å². The molecule has 3 aromatic rings. The summed E-state index contributed by atoms with van der Waals surface area (Å²) in [5, 5.41) is 0.903. The topological polar surface area (TPSA) is 48.7 Å². The van der Waals surface area contributed by atoms with Gasteiger partial charge in [-0.25, -0.2) is 4.79 Å². The van der Waals surface area contributed by atoms with E-state index in [1.54, 1.807) is 6.07 Å². The van der Waals surface area contributed by atoms with E-state index in [4.69, 9.17) is 13.9 Å². The normalized spacial score (nSPS) is 13.1. The summed E-state index contributed by atoms with van der Waals surface area (Å²) in [4.78, 5) is 11.3. The SMILES string of the molecule is O=c1ccc2ccc(/C=C/c3ccc4c(c3)OCO4)cc2o1. The summed E-state index contributed by atoms with van der Waals surface area (Å²) < 4.78 is 15.8. The minimum absolute atomic E-state index is 0.270. The molecule has 4 rings (SSSR count). The van der Waals surface area contributed by atoms with Gasteiger partial charge in [-0.1, -0.05) is 30.4 Å². The van der Waals surface area contributed by atoms with E-state index >= 15 is 0 Å². The smallest absolute Gasteiger partial charge is 0.336 e. The van der Waals surface area contributed by atoms with Gasteiger partial charge in [-0.3, -0.25) is 0 Å². The molecule has 0 aliphatic carbocycles. The largest absolute Gasteiger partial charge is 0.454 e. The van der Waals surface area contributed by atoms with Gasteiger partial charge in [-0.15, -0.1) is 0 Å². The molecule has 22 heavy (non-hydrogen) atoms. The maximum Gasteiger partial charge on any atom is 0.336 e. The monoisotopic (exact) mass is 292 g/mol. The van der Waals surface area contributed by atoms with Crippen molar-refractivity contribution in [3.05, 3.63) is 70.1 Å². The van der Waals surface area contributed by atoms with Crippen LogP contribution in [0.2, 0.25) is 0 Å². The first-order valence-corrected chi connectivity index (χ1v) is 6.90. The van der Waals surface area contributed by atoms with Gasteiger partial charge in [-0.2, -0.15) is 0 Å². The van der Waals surface area contributed by atoms with E-state index < -0.39 is 0 Å². The van der Waals surface area contributed by atoms with Crippen LogP contribution in [0, 0.1) is 0 Å². The quantitative estimate of drug-likeness (QED) is 0.534. The molecule has 0 atom stereocenters. The average Bonchev–Trinajstić information content (AvgIpc) is 3.00. The van der Waals surface area contributed by atoms with Crippen LogP contribution in [0.5, 0.6) is 11.5 Å². The predicted octanol–water partition coefficient (Wildman–Crippen LogP) is 3.69. The van der Waals surface area contributed by atoms with Crippen LogP contribution in [0.15, 0.2) is 57.7 Å². The molecule has 0 radical (unpaired) electrons. The van der Waals surface area contributed by atoms with Gasteiger partial charge in [0, 0.05) is 11.5 Å². The van der Waals surface area contributed by atoms with Gasteiger partial charge in [-0.05, 0) is 35.4 Å². The molecule has 0 N–H and O–H groups in total. The van der Waals surface area contributed by atoms with Gasteiger partial charge in [0.05, 0.1) is 0 Å². The second-order valence-electron chi connectivity index (χ2n) is 5.00. The van der Waals surface area contributed by atoms with E-state index in [0.717, 1.165) is 28.0 Å². The maximum atomic E-state index is 11.3. The molecule has 0 amide bonds. The summed E-state index contributed by atoms with van der Waals surface area (Å²) in [6.07, 6.45) is 3.94. The van der Waals surface area contributed by atoms with E-state index in [2.05, 4.69) is 0 Å². The highest BCUT2D eigenvalue weighted by Crippen LogP contribution is 2.33. The van der Waals surface area contributed by atoms with E-state index in [9.17, 15) is 4.79 Å². The molecule has 1 aromatic heterocycles. The lowest BCUT2D eigenvalue weighted by atomic mass is 10.1. The van der Waals surface area contributed by atoms with Crippen molar-refractivity contribution in [3.8, 4) is 11.5 Å². The van der Waals surface area contributed by atoms with Gasteiger partial charge in [0.25, 0.3) is 0 Å². The summed E-state index contributed by atoms with van der Waals surface area (Å²) in [7, 11) is 0. The molecule has 0 fully saturated rings. The van der Waals surface area contributed by atoms with Crippen molar-refractivity contribution in [2.75, 3.05) is 6.79 Å². The Morgan fingerprint density at radius 2 is 1.55 bits per heavy atom. The van der Waals surface area contributed by atoms with Crippen molar-refractivity contribution < 1.29 is 13.9 Å². The van der Waals surface area contributed by atoms with Crippen molar-refractivity contribution in [2.45, 2.75) is 0 Å². The molecule has 4 heteroatoms. The fourth-order valence-electron chi connectivity index (χ4n) is 2.39. The van der Waals surface area contributed by atoms with Crippen LogP contribution in [0.25, 0.3) is 23.1 Å². The number of benzene rings is 2. The Morgan fingerprint density at radius 1 is 0.818 bits per heavy atom. The predicted molar refractivity (Wildman–Crippen MR) is 84.0 cm³/mol. The fraction of sp³-hybridized carbons (Fsp3) is 0.0556. The van der Waals surface area contributed by atoms with E-state index in [1.807, 2.05) is 48.6 Å². The van der Waals surface area contributed by atoms with Crippen molar-refractivity contribution in [1.82, 2.24) is 0 Å². The Morgan fingerprint density at radius 3 is 2.45 bits per heavy atom. The molecule has 4 nitrogen and oxygen atoms in total. The third-order valence-electron chi connectivity index (χ3n) is 3.51. The third kappa shape index (κ3) is 2.35. The Bertz CT molecular complexity index is 937. The highest BCUT2D eigenvalue weighted by Gasteiger charge is 2.12. The number of hydrogen-bond donors (Lipinski definition) is 0. The molecule has 0 saturated carbocycles. The van der Waals surface area contributed by atoms with Crippen LogP contribution in [-0.4, -0.2) is 6.79 Å². The van der Waals surface area contributed by atoms with Crippen LogP contribution < -0.4 is 15.1 Å². The lowest BCUT2D eigenvalue weighted by Crippen LogP contribution is -1.94. The van der Waals surface area contributed by atoms with E-state index in [0.29, 0.717) is 5.58 Å². The van der Waals surface area contributed by atoms with Crippen molar-refractivity contribution in [2.24, 2.45) is 0 Å². The molecule has 0 saturated heterocycles. The first kappa shape index (κ1) is 12.7. The summed E-state index contributed by atoms with van der Waals surface area (Å²) in [5.41, 5.74) is 2.21. The van der Waals surface area contributed by atoms with Crippen molar-refractivity contribution in [1.29, 1.82) is 0 Å². The lowest BCUT2D eigenvalue weighted by Gasteiger charge is -1.99. The Labute approximate surface area is 126 Å². The first-order valence-electron chi connectivity index (χ1n) is 6.90. The molecule has 2 aromatic carbocycles. The van der Waals surface area contributed by atoms with Crippen LogP contribution in [0.3, 0.4) is 0 Å². The standard InChI is InChI=1S/C18H12O4/c19-18-8-6-14-5-3-12(9-16(14)22-18)1-2-13-4-7-15-17(10-13)21-11-20-15/h1-10H,11H2/b2-1+. The van der Waals surface area contributed by atoms with E-state index in [-0.39, 0.29) is 12.4 Å². The Hall–Kier alpha value is -3.01. The van der Waals surface area contributed by atoms with E-state index in [1.165, 1.54) is 6.07 Å². The molecule has 1 aliphatic rings. The summed E-state index contributed by atoms with van der Waals surface area (Å²) in [6.45, 7) is 0.270. The number of rotatable bonds is 2. The third-order valence-corrected chi connectivity index (χ3v) is 3.51. The molecule has 1 aliphatic heterocycles. The van der Waals surface area contributed by atoms with Crippen LogP contribution in [0.1, 0.15) is 11.1 Å². The zero-order valence-corrected chi connectivity index (χ0v) is 11.6. The Kier molecular flexibility index (Phi) is 2.93. The zero-order chi connectivity index (χ0) is 14.9. The van der Waals surface area contributed by atoms with Crippen LogP contribution in [0.4, 0.5) is 0 Å². The number of hydrogen-bond acceptors (Lipinski definition) is 4. The first-order chi connectivity index (χ1) is 10.8. The zero-order valence-electron chi connectivity index (χ0n) is 11.6. The van der Waals surface area contributed by atoms with Crippen molar-refractivity contribution >= 4 is 23.1 Å². The molecule has 108 valence electrons. The van der Waals surface area contributed by atoms with Gasteiger partial charge >= 0.3 is 5.63 Å². The molecular weight excluding hydrogens is 280 g/mol. The number of ether oxygens (including phenoxy) is 2. The molecule has 2 heterocycles. The highest BCUT2D eigenvalue weighted by molar-refractivity contribution is 5.81.